The molecule has 6 nitrogen and oxygen atoms in total. The monoisotopic (exact) mass is 310 g/mol. The van der Waals surface area contributed by atoms with Crippen molar-refractivity contribution in [1.29, 1.82) is 0 Å². The third-order valence-electron chi connectivity index (χ3n) is 2.26. The van der Waals surface area contributed by atoms with Crippen LogP contribution in [0.4, 0.5) is 14.5 Å². The molecule has 1 aromatic carbocycles. The first-order chi connectivity index (χ1) is 9.24. The van der Waals surface area contributed by atoms with Gasteiger partial charge in [-0.25, -0.2) is 21.9 Å². The molecule has 0 saturated carbocycles. The zero-order chi connectivity index (χ0) is 15.2. The molecular formula is C11H16F2N2O4S. The number of benzene rings is 1. The largest absolute Gasteiger partial charge is 0.492 e. The highest BCUT2D eigenvalue weighted by atomic mass is 32.2. The normalized spacial score (nSPS) is 12.3. The van der Waals surface area contributed by atoms with Crippen LogP contribution < -0.4 is 15.2 Å². The minimum absolute atomic E-state index is 0.205. The van der Waals surface area contributed by atoms with Crippen LogP contribution in [0.3, 0.4) is 0 Å². The van der Waals surface area contributed by atoms with Gasteiger partial charge in [-0.05, 0) is 12.1 Å². The number of ether oxygens (including phenoxy) is 1. The maximum absolute atomic E-state index is 12.7. The third-order valence-corrected chi connectivity index (χ3v) is 3.55. The summed E-state index contributed by atoms with van der Waals surface area (Å²) < 4.78 is 55.1. The summed E-state index contributed by atoms with van der Waals surface area (Å²) in [5.41, 5.74) is 5.97. The van der Waals surface area contributed by atoms with Crippen molar-refractivity contribution in [3.63, 3.8) is 0 Å². The number of nitrogens with two attached hydrogens (primary N) is 1. The number of aliphatic hydroxyl groups excluding tert-OH is 1. The predicted molar refractivity (Wildman–Crippen MR) is 70.2 cm³/mol. The maximum Gasteiger partial charge on any atom is 0.283 e. The average molecular weight is 310 g/mol. The molecule has 0 aliphatic heterocycles. The molecule has 1 rings (SSSR count). The lowest BCUT2D eigenvalue weighted by atomic mass is 10.3. The van der Waals surface area contributed by atoms with Crippen LogP contribution in [0.5, 0.6) is 5.75 Å². The molecule has 0 aromatic heterocycles. The first-order valence-electron chi connectivity index (χ1n) is 5.68. The van der Waals surface area contributed by atoms with Gasteiger partial charge in [0.05, 0.1) is 12.3 Å². The van der Waals surface area contributed by atoms with Crippen molar-refractivity contribution in [3.05, 3.63) is 24.3 Å². The quantitative estimate of drug-likeness (QED) is 0.595. The highest BCUT2D eigenvalue weighted by molar-refractivity contribution is 7.89. The van der Waals surface area contributed by atoms with Gasteiger partial charge in [0.25, 0.3) is 5.92 Å². The summed E-state index contributed by atoms with van der Waals surface area (Å²) in [5, 5.41) is 8.32. The molecule has 20 heavy (non-hydrogen) atoms. The Morgan fingerprint density at radius 1 is 1.40 bits per heavy atom. The number of anilines is 1. The van der Waals surface area contributed by atoms with E-state index >= 15 is 0 Å². The number of halogens is 2. The number of hydrogen-bond acceptors (Lipinski definition) is 5. The Labute approximate surface area is 115 Å². The number of sulfonamides is 1. The molecule has 0 saturated heterocycles. The van der Waals surface area contributed by atoms with Crippen LogP contribution >= 0.6 is 0 Å². The summed E-state index contributed by atoms with van der Waals surface area (Å²) in [6.45, 7) is -2.77. The molecule has 9 heteroatoms. The maximum atomic E-state index is 12.7. The highest BCUT2D eigenvalue weighted by Crippen LogP contribution is 2.14. The zero-order valence-electron chi connectivity index (χ0n) is 10.6. The molecule has 0 bridgehead atoms. The molecule has 114 valence electrons. The van der Waals surface area contributed by atoms with Crippen molar-refractivity contribution in [2.75, 3.05) is 31.2 Å². The van der Waals surface area contributed by atoms with Gasteiger partial charge in [0.2, 0.25) is 10.0 Å². The second-order valence-corrected chi connectivity index (χ2v) is 6.00. The number of nitrogen functional groups attached to an aromatic ring is 1. The van der Waals surface area contributed by atoms with Crippen LogP contribution in [0, 0.1) is 0 Å². The van der Waals surface area contributed by atoms with Gasteiger partial charge < -0.3 is 15.6 Å². The van der Waals surface area contributed by atoms with Gasteiger partial charge in [0, 0.05) is 11.8 Å². The summed E-state index contributed by atoms with van der Waals surface area (Å²) in [5.74, 6) is -3.58. The molecule has 0 amide bonds. The topological polar surface area (TPSA) is 102 Å². The molecular weight excluding hydrogens is 294 g/mol. The first kappa shape index (κ1) is 16.6. The van der Waals surface area contributed by atoms with E-state index in [1.54, 1.807) is 22.9 Å². The van der Waals surface area contributed by atoms with E-state index in [2.05, 4.69) is 0 Å². The smallest absolute Gasteiger partial charge is 0.283 e. The lowest BCUT2D eigenvalue weighted by molar-refractivity contribution is -0.0437. The van der Waals surface area contributed by atoms with E-state index < -0.39 is 34.9 Å². The molecule has 0 atom stereocenters. The molecule has 0 heterocycles. The van der Waals surface area contributed by atoms with Crippen LogP contribution in [0.1, 0.15) is 0 Å². The Kier molecular flexibility index (Phi) is 5.66. The Balaban J connectivity index is 2.40. The minimum atomic E-state index is -3.90. The molecule has 0 unspecified atom stereocenters. The molecule has 0 aliphatic carbocycles. The average Bonchev–Trinajstić information content (AvgIpc) is 2.37. The summed E-state index contributed by atoms with van der Waals surface area (Å²) in [6.07, 6.45) is 0. The van der Waals surface area contributed by atoms with Crippen molar-refractivity contribution in [2.45, 2.75) is 5.92 Å². The number of alkyl halides is 2. The van der Waals surface area contributed by atoms with Gasteiger partial charge in [0.1, 0.15) is 19.0 Å². The lowest BCUT2D eigenvalue weighted by Gasteiger charge is -2.14. The van der Waals surface area contributed by atoms with Crippen molar-refractivity contribution in [2.24, 2.45) is 0 Å². The van der Waals surface area contributed by atoms with Crippen LogP contribution in [0.15, 0.2) is 24.3 Å². The van der Waals surface area contributed by atoms with E-state index in [4.69, 9.17) is 15.6 Å². The Morgan fingerprint density at radius 3 is 2.70 bits per heavy atom. The Hall–Kier alpha value is -1.45. The second-order valence-electron chi connectivity index (χ2n) is 4.08. The van der Waals surface area contributed by atoms with Crippen molar-refractivity contribution in [3.8, 4) is 5.75 Å². The van der Waals surface area contributed by atoms with Crippen LogP contribution in [0.25, 0.3) is 0 Å². The van der Waals surface area contributed by atoms with E-state index in [1.165, 1.54) is 6.07 Å². The number of aliphatic hydroxyl groups is 1. The second kappa shape index (κ2) is 6.82. The molecule has 0 fully saturated rings. The van der Waals surface area contributed by atoms with E-state index in [1.807, 2.05) is 0 Å². The summed E-state index contributed by atoms with van der Waals surface area (Å²) in [7, 11) is -3.90. The Morgan fingerprint density at radius 2 is 2.10 bits per heavy atom. The van der Waals surface area contributed by atoms with Crippen LogP contribution in [-0.4, -0.2) is 45.0 Å². The molecule has 0 spiro atoms. The molecule has 1 aromatic rings. The van der Waals surface area contributed by atoms with Gasteiger partial charge in [0.15, 0.2) is 0 Å². The summed E-state index contributed by atoms with van der Waals surface area (Å²) >= 11 is 0. The zero-order valence-corrected chi connectivity index (χ0v) is 11.4. The molecule has 0 aliphatic rings. The molecule has 4 N–H and O–H groups in total. The standard InChI is InChI=1S/C11H16F2N2O4S/c12-11(13,8-16)7-15-20(17,18)5-4-19-10-3-1-2-9(14)6-10/h1-3,6,15-16H,4-5,7-8,14H2. The van der Waals surface area contributed by atoms with Gasteiger partial charge in [-0.1, -0.05) is 6.07 Å². The highest BCUT2D eigenvalue weighted by Gasteiger charge is 2.29. The number of hydrogen-bond donors (Lipinski definition) is 3. The van der Waals surface area contributed by atoms with Crippen molar-refractivity contribution < 1.29 is 27.0 Å². The van der Waals surface area contributed by atoms with E-state index in [0.29, 0.717) is 11.4 Å². The van der Waals surface area contributed by atoms with Gasteiger partial charge in [-0.2, -0.15) is 0 Å². The fourth-order valence-electron chi connectivity index (χ4n) is 1.22. The van der Waals surface area contributed by atoms with E-state index in [-0.39, 0.29) is 6.61 Å². The van der Waals surface area contributed by atoms with Crippen LogP contribution in [0.2, 0.25) is 0 Å². The number of rotatable bonds is 8. The van der Waals surface area contributed by atoms with Gasteiger partial charge in [-0.15, -0.1) is 0 Å². The summed E-state index contributed by atoms with van der Waals surface area (Å²) in [4.78, 5) is 0. The third kappa shape index (κ3) is 6.13. The van der Waals surface area contributed by atoms with Gasteiger partial charge >= 0.3 is 0 Å². The van der Waals surface area contributed by atoms with Crippen molar-refractivity contribution >= 4 is 15.7 Å². The van der Waals surface area contributed by atoms with Crippen molar-refractivity contribution in [1.82, 2.24) is 4.72 Å². The van der Waals surface area contributed by atoms with E-state index in [0.717, 1.165) is 0 Å². The van der Waals surface area contributed by atoms with E-state index in [9.17, 15) is 17.2 Å². The predicted octanol–water partition coefficient (Wildman–Crippen LogP) is 0.195. The number of nitrogens with one attached hydrogen (secondary N) is 1. The minimum Gasteiger partial charge on any atom is -0.492 e. The fraction of sp³-hybridized carbons (Fsp3) is 0.455. The van der Waals surface area contributed by atoms with Crippen LogP contribution in [-0.2, 0) is 10.0 Å². The SMILES string of the molecule is Nc1cccc(OCCS(=O)(=O)NCC(F)(F)CO)c1. The summed E-state index contributed by atoms with van der Waals surface area (Å²) in [6, 6.07) is 6.39. The Bertz CT molecular complexity index is 537. The lowest BCUT2D eigenvalue weighted by Crippen LogP contribution is -2.40. The molecule has 0 radical (unpaired) electrons. The van der Waals surface area contributed by atoms with Gasteiger partial charge in [-0.3, -0.25) is 0 Å². The first-order valence-corrected chi connectivity index (χ1v) is 7.34. The fourth-order valence-corrected chi connectivity index (χ4v) is 2.10.